The molecule has 0 aliphatic rings. The zero-order valence-corrected chi connectivity index (χ0v) is 7.69. The molecule has 1 rings (SSSR count). The van der Waals surface area contributed by atoms with Gasteiger partial charge < -0.3 is 10.1 Å². The van der Waals surface area contributed by atoms with Crippen molar-refractivity contribution in [1.82, 2.24) is 10.3 Å². The summed E-state index contributed by atoms with van der Waals surface area (Å²) in [6.45, 7) is 0.352. The molecule has 0 aliphatic heterocycles. The maximum absolute atomic E-state index is 11.0. The Kier molecular flexibility index (Phi) is 3.60. The Balaban J connectivity index is 2.68. The van der Waals surface area contributed by atoms with E-state index in [1.165, 1.54) is 13.3 Å². The van der Waals surface area contributed by atoms with Gasteiger partial charge in [0.25, 0.3) is 0 Å². The Morgan fingerprint density at radius 1 is 1.64 bits per heavy atom. The molecule has 5 heteroatoms. The van der Waals surface area contributed by atoms with E-state index >= 15 is 0 Å². The average molecular weight is 194 g/mol. The van der Waals surface area contributed by atoms with Gasteiger partial charge in [-0.2, -0.15) is 0 Å². The minimum Gasteiger partial charge on any atom is -0.465 e. The highest BCUT2D eigenvalue weighted by Crippen LogP contribution is 2.01. The first-order valence-electron chi connectivity index (χ1n) is 3.98. The molecule has 0 aliphatic carbocycles. The van der Waals surface area contributed by atoms with Crippen molar-refractivity contribution in [2.24, 2.45) is 0 Å². The molecule has 74 valence electrons. The van der Waals surface area contributed by atoms with Crippen molar-refractivity contribution >= 4 is 12.4 Å². The molecule has 14 heavy (non-hydrogen) atoms. The van der Waals surface area contributed by atoms with Gasteiger partial charge in [-0.05, 0) is 12.1 Å². The fourth-order valence-corrected chi connectivity index (χ4v) is 0.914. The maximum atomic E-state index is 11.0. The Bertz CT molecular complexity index is 321. The molecule has 1 N–H and O–H groups in total. The van der Waals surface area contributed by atoms with Crippen molar-refractivity contribution in [3.8, 4) is 0 Å². The first-order valence-corrected chi connectivity index (χ1v) is 3.98. The highest BCUT2D eigenvalue weighted by Gasteiger charge is 2.04. The summed E-state index contributed by atoms with van der Waals surface area (Å²) in [5.41, 5.74) is 1.08. The molecule has 1 aromatic rings. The smallest absolute Gasteiger partial charge is 0.339 e. The average Bonchev–Trinajstić information content (AvgIpc) is 2.26. The van der Waals surface area contributed by atoms with E-state index < -0.39 is 5.97 Å². The van der Waals surface area contributed by atoms with Crippen LogP contribution in [0, 0.1) is 0 Å². The van der Waals surface area contributed by atoms with Crippen LogP contribution in [0.25, 0.3) is 0 Å². The third-order valence-electron chi connectivity index (χ3n) is 1.61. The van der Waals surface area contributed by atoms with Gasteiger partial charge >= 0.3 is 5.97 Å². The van der Waals surface area contributed by atoms with Crippen LogP contribution < -0.4 is 5.32 Å². The second kappa shape index (κ2) is 4.96. The summed E-state index contributed by atoms with van der Waals surface area (Å²) in [5.74, 6) is -0.424. The summed E-state index contributed by atoms with van der Waals surface area (Å²) in [4.78, 5) is 25.0. The number of nitrogens with zero attached hydrogens (tertiary/aromatic N) is 1. The number of rotatable bonds is 4. The zero-order valence-electron chi connectivity index (χ0n) is 7.69. The lowest BCUT2D eigenvalue weighted by molar-refractivity contribution is -0.109. The van der Waals surface area contributed by atoms with E-state index in [1.807, 2.05) is 0 Å². The number of esters is 1. The molecule has 1 amide bonds. The highest BCUT2D eigenvalue weighted by atomic mass is 16.5. The lowest BCUT2D eigenvalue weighted by Gasteiger charge is -2.00. The van der Waals surface area contributed by atoms with Gasteiger partial charge in [0.05, 0.1) is 24.9 Å². The Hall–Kier alpha value is -1.91. The van der Waals surface area contributed by atoms with E-state index in [4.69, 9.17) is 0 Å². The number of hydrogen-bond donors (Lipinski definition) is 1. The molecule has 0 fully saturated rings. The molecule has 0 spiro atoms. The molecule has 0 saturated heterocycles. The normalized spacial score (nSPS) is 9.21. The van der Waals surface area contributed by atoms with Crippen LogP contribution in [0.5, 0.6) is 0 Å². The monoisotopic (exact) mass is 194 g/mol. The summed E-state index contributed by atoms with van der Waals surface area (Å²) >= 11 is 0. The number of carbonyl (C=O) groups excluding carboxylic acids is 2. The van der Waals surface area contributed by atoms with Crippen LogP contribution in [-0.2, 0) is 16.1 Å². The van der Waals surface area contributed by atoms with E-state index in [-0.39, 0.29) is 0 Å². The van der Waals surface area contributed by atoms with Crippen molar-refractivity contribution < 1.29 is 14.3 Å². The molecule has 0 aromatic carbocycles. The lowest BCUT2D eigenvalue weighted by atomic mass is 10.2. The third-order valence-corrected chi connectivity index (χ3v) is 1.61. The minimum atomic E-state index is -0.424. The van der Waals surface area contributed by atoms with E-state index in [9.17, 15) is 9.59 Å². The van der Waals surface area contributed by atoms with Crippen LogP contribution in [0.1, 0.15) is 16.1 Å². The van der Waals surface area contributed by atoms with Gasteiger partial charge in [-0.15, -0.1) is 0 Å². The van der Waals surface area contributed by atoms with Crippen molar-refractivity contribution in [1.29, 1.82) is 0 Å². The number of pyridine rings is 1. The highest BCUT2D eigenvalue weighted by molar-refractivity contribution is 5.88. The molecule has 0 saturated carbocycles. The van der Waals surface area contributed by atoms with Crippen molar-refractivity contribution in [3.05, 3.63) is 29.6 Å². The molecular formula is C9H10N2O3. The largest absolute Gasteiger partial charge is 0.465 e. The molecule has 1 aromatic heterocycles. The van der Waals surface area contributed by atoms with Gasteiger partial charge in [-0.3, -0.25) is 9.78 Å². The van der Waals surface area contributed by atoms with Crippen LogP contribution >= 0.6 is 0 Å². The molecular weight excluding hydrogens is 184 g/mol. The second-order valence-corrected chi connectivity index (χ2v) is 2.53. The maximum Gasteiger partial charge on any atom is 0.339 e. The number of nitrogens with one attached hydrogen (secondary N) is 1. The van der Waals surface area contributed by atoms with Crippen molar-refractivity contribution in [2.75, 3.05) is 7.11 Å². The van der Waals surface area contributed by atoms with Crippen LogP contribution in [0.2, 0.25) is 0 Å². The fraction of sp³-hybridized carbons (Fsp3) is 0.222. The van der Waals surface area contributed by atoms with Gasteiger partial charge in [0.15, 0.2) is 0 Å². The van der Waals surface area contributed by atoms with Crippen LogP contribution in [0.3, 0.4) is 0 Å². The van der Waals surface area contributed by atoms with Gasteiger partial charge in [0.2, 0.25) is 6.41 Å². The predicted octanol–water partition coefficient (Wildman–Crippen LogP) is 0.114. The van der Waals surface area contributed by atoms with Crippen LogP contribution in [0.4, 0.5) is 0 Å². The van der Waals surface area contributed by atoms with Gasteiger partial charge in [0, 0.05) is 6.20 Å². The van der Waals surface area contributed by atoms with E-state index in [1.54, 1.807) is 12.1 Å². The van der Waals surface area contributed by atoms with E-state index in [2.05, 4.69) is 15.0 Å². The van der Waals surface area contributed by atoms with Crippen LogP contribution in [0.15, 0.2) is 18.3 Å². The van der Waals surface area contributed by atoms with Gasteiger partial charge in [0.1, 0.15) is 0 Å². The molecule has 0 unspecified atom stereocenters. The zero-order chi connectivity index (χ0) is 10.4. The van der Waals surface area contributed by atoms with Crippen molar-refractivity contribution in [2.45, 2.75) is 6.54 Å². The Labute approximate surface area is 81.1 Å². The fourth-order valence-electron chi connectivity index (χ4n) is 0.914. The summed E-state index contributed by atoms with van der Waals surface area (Å²) in [6, 6.07) is 3.25. The molecule has 0 radical (unpaired) electrons. The van der Waals surface area contributed by atoms with E-state index in [0.717, 1.165) is 0 Å². The summed E-state index contributed by atoms with van der Waals surface area (Å²) in [5, 5.41) is 2.47. The Morgan fingerprint density at radius 3 is 2.93 bits per heavy atom. The number of amides is 1. The minimum absolute atomic E-state index is 0.352. The number of carbonyl (C=O) groups is 2. The second-order valence-electron chi connectivity index (χ2n) is 2.53. The summed E-state index contributed by atoms with van der Waals surface area (Å²) < 4.78 is 4.51. The number of methoxy groups -OCH3 is 1. The third kappa shape index (κ3) is 2.55. The predicted molar refractivity (Wildman–Crippen MR) is 48.5 cm³/mol. The number of aromatic nitrogens is 1. The van der Waals surface area contributed by atoms with Gasteiger partial charge in [-0.1, -0.05) is 0 Å². The van der Waals surface area contributed by atoms with E-state index in [0.29, 0.717) is 24.2 Å². The summed E-state index contributed by atoms with van der Waals surface area (Å²) in [7, 11) is 1.31. The Morgan fingerprint density at radius 2 is 2.43 bits per heavy atom. The first-order chi connectivity index (χ1) is 6.77. The van der Waals surface area contributed by atoms with Crippen LogP contribution in [-0.4, -0.2) is 24.5 Å². The molecule has 0 atom stereocenters. The first kappa shape index (κ1) is 10.2. The molecule has 0 bridgehead atoms. The molecule has 5 nitrogen and oxygen atoms in total. The number of ether oxygens (including phenoxy) is 1. The summed E-state index contributed by atoms with van der Waals surface area (Å²) in [6.07, 6.45) is 2.00. The standard InChI is InChI=1S/C9H10N2O3/c1-14-9(13)7-2-3-8(11-4-7)5-10-6-12/h2-4,6H,5H2,1H3,(H,10,12). The number of hydrogen-bond acceptors (Lipinski definition) is 4. The quantitative estimate of drug-likeness (QED) is 0.545. The molecule has 1 heterocycles. The lowest BCUT2D eigenvalue weighted by Crippen LogP contribution is -2.11. The van der Waals surface area contributed by atoms with Crippen molar-refractivity contribution in [3.63, 3.8) is 0 Å². The van der Waals surface area contributed by atoms with Gasteiger partial charge in [-0.25, -0.2) is 4.79 Å². The SMILES string of the molecule is COC(=O)c1ccc(CNC=O)nc1. The topological polar surface area (TPSA) is 68.3 Å².